The Bertz CT molecular complexity index is 621. The highest BCUT2D eigenvalue weighted by molar-refractivity contribution is 7.99. The number of aromatic nitrogens is 1. The monoisotopic (exact) mass is 328 g/mol. The fraction of sp³-hybridized carbons (Fsp3) is 0.333. The summed E-state index contributed by atoms with van der Waals surface area (Å²) < 4.78 is 5.89. The highest BCUT2D eigenvalue weighted by atomic mass is 32.2. The van der Waals surface area contributed by atoms with Gasteiger partial charge in [0.2, 0.25) is 5.91 Å². The molecule has 0 bridgehead atoms. The smallest absolute Gasteiger partial charge is 0.223 e. The van der Waals surface area contributed by atoms with E-state index in [1.54, 1.807) is 24.2 Å². The average molecular weight is 328 g/mol. The first-order valence-electron chi connectivity index (χ1n) is 7.83. The van der Waals surface area contributed by atoms with Crippen LogP contribution in [-0.2, 0) is 4.79 Å². The zero-order valence-corrected chi connectivity index (χ0v) is 13.7. The van der Waals surface area contributed by atoms with E-state index in [2.05, 4.69) is 17.1 Å². The normalized spacial score (nSPS) is 17.2. The van der Waals surface area contributed by atoms with E-state index in [1.165, 1.54) is 4.90 Å². The molecule has 1 aromatic carbocycles. The number of carbonyl (C=O) groups is 1. The highest BCUT2D eigenvalue weighted by Gasteiger charge is 2.27. The summed E-state index contributed by atoms with van der Waals surface area (Å²) in [5.41, 5.74) is 0. The van der Waals surface area contributed by atoms with Gasteiger partial charge in [0.15, 0.2) is 0 Å². The van der Waals surface area contributed by atoms with Crippen molar-refractivity contribution in [2.45, 2.75) is 23.8 Å². The molecule has 0 unspecified atom stereocenters. The molecule has 23 heavy (non-hydrogen) atoms. The van der Waals surface area contributed by atoms with Crippen LogP contribution in [0, 0.1) is 0 Å². The first kappa shape index (κ1) is 15.9. The predicted octanol–water partition coefficient (Wildman–Crippen LogP) is 3.24. The van der Waals surface area contributed by atoms with E-state index in [9.17, 15) is 4.79 Å². The van der Waals surface area contributed by atoms with Crippen LogP contribution >= 0.6 is 11.8 Å². The zero-order valence-electron chi connectivity index (χ0n) is 12.9. The second-order valence-electron chi connectivity index (χ2n) is 5.46. The number of rotatable bonds is 6. The molecule has 1 fully saturated rings. The summed E-state index contributed by atoms with van der Waals surface area (Å²) in [6.45, 7) is 1.46. The maximum atomic E-state index is 12.3. The molecular weight excluding hydrogens is 308 g/mol. The van der Waals surface area contributed by atoms with Crippen molar-refractivity contribution in [3.63, 3.8) is 0 Å². The van der Waals surface area contributed by atoms with Crippen molar-refractivity contribution in [3.05, 3.63) is 54.9 Å². The number of hydrogen-bond donors (Lipinski definition) is 0. The van der Waals surface area contributed by atoms with Crippen molar-refractivity contribution < 1.29 is 9.53 Å². The molecule has 1 aliphatic rings. The first-order chi connectivity index (χ1) is 11.3. The summed E-state index contributed by atoms with van der Waals surface area (Å²) in [7, 11) is 0. The van der Waals surface area contributed by atoms with E-state index in [0.717, 1.165) is 24.5 Å². The van der Waals surface area contributed by atoms with Crippen LogP contribution in [0.3, 0.4) is 0 Å². The van der Waals surface area contributed by atoms with Gasteiger partial charge in [-0.2, -0.15) is 0 Å². The minimum Gasteiger partial charge on any atom is -0.488 e. The van der Waals surface area contributed by atoms with Crippen LogP contribution in [0.15, 0.2) is 59.8 Å². The Hall–Kier alpha value is -2.01. The van der Waals surface area contributed by atoms with Gasteiger partial charge in [0.25, 0.3) is 0 Å². The molecule has 1 saturated heterocycles. The molecular formula is C18H20N2O2S. The van der Waals surface area contributed by atoms with Crippen molar-refractivity contribution in [2.75, 3.05) is 18.8 Å². The molecule has 1 aromatic heterocycles. The molecule has 5 heteroatoms. The predicted molar refractivity (Wildman–Crippen MR) is 91.6 cm³/mol. The number of benzene rings is 1. The van der Waals surface area contributed by atoms with Gasteiger partial charge < -0.3 is 9.64 Å². The molecule has 0 aliphatic carbocycles. The summed E-state index contributed by atoms with van der Waals surface area (Å²) >= 11 is 1.73. The van der Waals surface area contributed by atoms with E-state index in [-0.39, 0.29) is 12.0 Å². The van der Waals surface area contributed by atoms with Crippen LogP contribution in [0.2, 0.25) is 0 Å². The molecule has 0 radical (unpaired) electrons. The Morgan fingerprint density at radius 3 is 2.78 bits per heavy atom. The van der Waals surface area contributed by atoms with Crippen LogP contribution in [0.5, 0.6) is 5.75 Å². The van der Waals surface area contributed by atoms with Crippen LogP contribution in [0.1, 0.15) is 12.8 Å². The Kier molecular flexibility index (Phi) is 5.53. The molecule has 0 spiro atoms. The number of amides is 1. The summed E-state index contributed by atoms with van der Waals surface area (Å²) in [5.74, 6) is 1.85. The molecule has 2 heterocycles. The Balaban J connectivity index is 1.41. The number of likely N-dealkylation sites (tertiary alicyclic amines) is 1. The fourth-order valence-electron chi connectivity index (χ4n) is 2.59. The molecule has 2 aromatic rings. The Morgan fingerprint density at radius 1 is 1.22 bits per heavy atom. The molecule has 1 atom stereocenters. The van der Waals surface area contributed by atoms with E-state index in [0.29, 0.717) is 13.0 Å². The third kappa shape index (κ3) is 4.73. The first-order valence-corrected chi connectivity index (χ1v) is 8.82. The summed E-state index contributed by atoms with van der Waals surface area (Å²) in [6, 6.07) is 13.9. The third-order valence-electron chi connectivity index (χ3n) is 3.78. The number of pyridine rings is 1. The van der Waals surface area contributed by atoms with Crippen LogP contribution in [0.4, 0.5) is 0 Å². The van der Waals surface area contributed by atoms with Crippen LogP contribution in [-0.4, -0.2) is 40.7 Å². The molecule has 4 nitrogen and oxygen atoms in total. The lowest BCUT2D eigenvalue weighted by atomic mass is 10.3. The average Bonchev–Trinajstić information content (AvgIpc) is 3.05. The van der Waals surface area contributed by atoms with Gasteiger partial charge in [-0.15, -0.1) is 11.8 Å². The van der Waals surface area contributed by atoms with Gasteiger partial charge in [-0.1, -0.05) is 18.2 Å². The van der Waals surface area contributed by atoms with E-state index < -0.39 is 0 Å². The molecule has 3 rings (SSSR count). The quantitative estimate of drug-likeness (QED) is 0.764. The van der Waals surface area contributed by atoms with Crippen molar-refractivity contribution in [1.29, 1.82) is 0 Å². The van der Waals surface area contributed by atoms with Gasteiger partial charge in [-0.3, -0.25) is 9.78 Å². The maximum absolute atomic E-state index is 12.3. The van der Waals surface area contributed by atoms with Crippen LogP contribution in [0.25, 0.3) is 0 Å². The van der Waals surface area contributed by atoms with E-state index in [4.69, 9.17) is 4.74 Å². The number of carbonyl (C=O) groups excluding carboxylic acids is 1. The Labute approximate surface area is 140 Å². The highest BCUT2D eigenvalue weighted by Crippen LogP contribution is 2.21. The molecule has 1 amide bonds. The standard InChI is InChI=1S/C18H20N2O2S/c21-18(9-13-23-17-4-2-1-3-5-17)20-12-8-16(14-20)22-15-6-10-19-11-7-15/h1-7,10-11,16H,8-9,12-14H2/t16-/m0/s1. The van der Waals surface area contributed by atoms with Gasteiger partial charge in [-0.05, 0) is 24.3 Å². The minimum atomic E-state index is 0.0862. The van der Waals surface area contributed by atoms with Crippen molar-refractivity contribution >= 4 is 17.7 Å². The lowest BCUT2D eigenvalue weighted by Crippen LogP contribution is -2.31. The molecule has 120 valence electrons. The van der Waals surface area contributed by atoms with Gasteiger partial charge in [0, 0.05) is 42.4 Å². The second-order valence-corrected chi connectivity index (χ2v) is 6.63. The van der Waals surface area contributed by atoms with E-state index >= 15 is 0 Å². The molecule has 0 N–H and O–H groups in total. The van der Waals surface area contributed by atoms with Gasteiger partial charge in [0.1, 0.15) is 11.9 Å². The van der Waals surface area contributed by atoms with Crippen molar-refractivity contribution in [2.24, 2.45) is 0 Å². The lowest BCUT2D eigenvalue weighted by molar-refractivity contribution is -0.129. The van der Waals surface area contributed by atoms with Crippen molar-refractivity contribution in [1.82, 2.24) is 9.88 Å². The number of ether oxygens (including phenoxy) is 1. The van der Waals surface area contributed by atoms with Gasteiger partial charge >= 0.3 is 0 Å². The summed E-state index contributed by atoms with van der Waals surface area (Å²) in [4.78, 5) is 19.4. The molecule has 0 saturated carbocycles. The number of nitrogens with zero attached hydrogens (tertiary/aromatic N) is 2. The lowest BCUT2D eigenvalue weighted by Gasteiger charge is -2.17. The van der Waals surface area contributed by atoms with Gasteiger partial charge in [0.05, 0.1) is 6.54 Å². The Morgan fingerprint density at radius 2 is 2.00 bits per heavy atom. The number of thioether (sulfide) groups is 1. The minimum absolute atomic E-state index is 0.0862. The van der Waals surface area contributed by atoms with E-state index in [1.807, 2.05) is 35.2 Å². The number of hydrogen-bond acceptors (Lipinski definition) is 4. The summed E-state index contributed by atoms with van der Waals surface area (Å²) in [6.07, 6.45) is 4.98. The van der Waals surface area contributed by atoms with Crippen LogP contribution < -0.4 is 4.74 Å². The van der Waals surface area contributed by atoms with Crippen molar-refractivity contribution in [3.8, 4) is 5.75 Å². The van der Waals surface area contributed by atoms with Gasteiger partial charge in [-0.25, -0.2) is 0 Å². The second kappa shape index (κ2) is 8.02. The summed E-state index contributed by atoms with van der Waals surface area (Å²) in [5, 5.41) is 0. The molecule has 1 aliphatic heterocycles. The third-order valence-corrected chi connectivity index (χ3v) is 4.79. The zero-order chi connectivity index (χ0) is 15.9. The SMILES string of the molecule is O=C(CCSc1ccccc1)N1CC[C@H](Oc2ccncc2)C1. The largest absolute Gasteiger partial charge is 0.488 e. The topological polar surface area (TPSA) is 42.4 Å². The fourth-order valence-corrected chi connectivity index (χ4v) is 3.45. The maximum Gasteiger partial charge on any atom is 0.223 e.